The molecule has 0 unspecified atom stereocenters. The van der Waals surface area contributed by atoms with Crippen LogP contribution in [0.2, 0.25) is 0 Å². The summed E-state index contributed by atoms with van der Waals surface area (Å²) < 4.78 is 0. The lowest BCUT2D eigenvalue weighted by Crippen LogP contribution is -2.42. The lowest BCUT2D eigenvalue weighted by molar-refractivity contribution is -0.120. The molecule has 4 amide bonds. The van der Waals surface area contributed by atoms with E-state index < -0.39 is 6.03 Å². The Kier molecular flexibility index (Phi) is 21.3. The number of carbonyl (C=O) groups excluding carboxylic acids is 3. The van der Waals surface area contributed by atoms with Gasteiger partial charge < -0.3 is 0 Å². The van der Waals surface area contributed by atoms with Crippen LogP contribution in [0.25, 0.3) is 0 Å². The van der Waals surface area contributed by atoms with E-state index in [0.717, 1.165) is 38.5 Å². The number of hydrogen-bond acceptors (Lipinski definition) is 3. The molecule has 0 rings (SSSR count). The molecule has 0 bridgehead atoms. The average Bonchev–Trinajstić information content (AvgIpc) is 2.71. The maximum atomic E-state index is 11.8. The molecule has 0 saturated carbocycles. The monoisotopic (exact) mass is 424 g/mol. The third kappa shape index (κ3) is 21.3. The first-order valence-electron chi connectivity index (χ1n) is 12.7. The van der Waals surface area contributed by atoms with E-state index in [0.29, 0.717) is 12.8 Å². The second-order valence-corrected chi connectivity index (χ2v) is 8.58. The fraction of sp³-hybridized carbons (Fsp3) is 0.880. The summed E-state index contributed by atoms with van der Waals surface area (Å²) in [6, 6.07) is -0.683. The second-order valence-electron chi connectivity index (χ2n) is 8.58. The lowest BCUT2D eigenvalue weighted by atomic mass is 10.1. The van der Waals surface area contributed by atoms with E-state index in [2.05, 4.69) is 24.5 Å². The van der Waals surface area contributed by atoms with E-state index in [1.807, 2.05) is 0 Å². The van der Waals surface area contributed by atoms with Crippen molar-refractivity contribution in [3.63, 3.8) is 0 Å². The Morgan fingerprint density at radius 1 is 0.433 bits per heavy atom. The normalized spacial score (nSPS) is 10.7. The summed E-state index contributed by atoms with van der Waals surface area (Å²) in [5.41, 5.74) is 0. The molecule has 30 heavy (non-hydrogen) atoms. The van der Waals surface area contributed by atoms with Crippen molar-refractivity contribution in [3.8, 4) is 0 Å². The Morgan fingerprint density at radius 2 is 0.700 bits per heavy atom. The van der Waals surface area contributed by atoms with E-state index in [1.165, 1.54) is 77.0 Å². The minimum Gasteiger partial charge on any atom is -0.278 e. The fourth-order valence-electron chi connectivity index (χ4n) is 3.60. The second kappa shape index (κ2) is 22.3. The summed E-state index contributed by atoms with van der Waals surface area (Å²) in [7, 11) is 0. The first-order chi connectivity index (χ1) is 14.6. The minimum atomic E-state index is -0.683. The third-order valence-corrected chi connectivity index (χ3v) is 5.52. The van der Waals surface area contributed by atoms with Gasteiger partial charge in [0.15, 0.2) is 0 Å². The Hall–Kier alpha value is -1.39. The summed E-state index contributed by atoms with van der Waals surface area (Å²) in [6.45, 7) is 4.44. The fourth-order valence-corrected chi connectivity index (χ4v) is 3.60. The first kappa shape index (κ1) is 28.6. The Bertz CT molecular complexity index is 400. The molecule has 0 heterocycles. The number of unbranched alkanes of at least 4 members (excludes halogenated alkanes) is 16. The molecule has 5 heteroatoms. The number of hydrogen-bond donors (Lipinski definition) is 2. The zero-order valence-electron chi connectivity index (χ0n) is 19.9. The largest absolute Gasteiger partial charge is 0.328 e. The molecule has 2 N–H and O–H groups in total. The van der Waals surface area contributed by atoms with Gasteiger partial charge in [-0.25, -0.2) is 4.79 Å². The van der Waals surface area contributed by atoms with E-state index in [-0.39, 0.29) is 11.8 Å². The molecule has 0 atom stereocenters. The van der Waals surface area contributed by atoms with Crippen LogP contribution in [0.4, 0.5) is 4.79 Å². The maximum Gasteiger partial charge on any atom is 0.328 e. The van der Waals surface area contributed by atoms with Gasteiger partial charge in [0, 0.05) is 12.8 Å². The molecule has 0 aromatic rings. The molecule has 0 aliphatic rings. The van der Waals surface area contributed by atoms with Crippen LogP contribution in [0.5, 0.6) is 0 Å². The Labute approximate surface area is 185 Å². The molecule has 0 fully saturated rings. The van der Waals surface area contributed by atoms with Gasteiger partial charge in [-0.3, -0.25) is 20.2 Å². The van der Waals surface area contributed by atoms with E-state index in [4.69, 9.17) is 0 Å². The standard InChI is InChI=1S/C25H48N2O3/c1-3-5-7-9-11-13-15-17-19-21-23(28)26-25(30)27-24(29)22-20-18-16-14-12-10-8-6-4-2/h3-22H2,1-2H3,(H2,26,27,28,29,30). The third-order valence-electron chi connectivity index (χ3n) is 5.52. The quantitative estimate of drug-likeness (QED) is 0.203. The van der Waals surface area contributed by atoms with Crippen molar-refractivity contribution in [1.82, 2.24) is 10.6 Å². The van der Waals surface area contributed by atoms with E-state index >= 15 is 0 Å². The molecular weight excluding hydrogens is 376 g/mol. The van der Waals surface area contributed by atoms with Crippen LogP contribution in [-0.4, -0.2) is 17.8 Å². The van der Waals surface area contributed by atoms with Crippen LogP contribution in [0.15, 0.2) is 0 Å². The highest BCUT2D eigenvalue weighted by molar-refractivity contribution is 6.01. The molecule has 0 spiro atoms. The number of urea groups is 1. The van der Waals surface area contributed by atoms with Crippen LogP contribution in [0.3, 0.4) is 0 Å². The molecule has 0 aromatic carbocycles. The van der Waals surface area contributed by atoms with Gasteiger partial charge in [0.05, 0.1) is 0 Å². The Morgan fingerprint density at radius 3 is 1.00 bits per heavy atom. The van der Waals surface area contributed by atoms with E-state index in [1.54, 1.807) is 0 Å². The number of carbonyl (C=O) groups is 3. The van der Waals surface area contributed by atoms with Crippen molar-refractivity contribution in [1.29, 1.82) is 0 Å². The first-order valence-corrected chi connectivity index (χ1v) is 12.7. The van der Waals surface area contributed by atoms with Gasteiger partial charge in [0.25, 0.3) is 0 Å². The van der Waals surface area contributed by atoms with Crippen molar-refractivity contribution in [3.05, 3.63) is 0 Å². The van der Waals surface area contributed by atoms with Crippen molar-refractivity contribution < 1.29 is 14.4 Å². The number of imide groups is 2. The van der Waals surface area contributed by atoms with Crippen LogP contribution >= 0.6 is 0 Å². The van der Waals surface area contributed by atoms with Gasteiger partial charge in [-0.2, -0.15) is 0 Å². The predicted molar refractivity (Wildman–Crippen MR) is 125 cm³/mol. The summed E-state index contributed by atoms with van der Waals surface area (Å²) in [5, 5.41) is 4.52. The van der Waals surface area contributed by atoms with Crippen LogP contribution < -0.4 is 10.6 Å². The highest BCUT2D eigenvalue weighted by atomic mass is 16.2. The van der Waals surface area contributed by atoms with Crippen LogP contribution in [0, 0.1) is 0 Å². The topological polar surface area (TPSA) is 75.3 Å². The highest BCUT2D eigenvalue weighted by Crippen LogP contribution is 2.11. The van der Waals surface area contributed by atoms with Gasteiger partial charge in [-0.05, 0) is 12.8 Å². The molecule has 5 nitrogen and oxygen atoms in total. The van der Waals surface area contributed by atoms with Crippen molar-refractivity contribution in [2.24, 2.45) is 0 Å². The minimum absolute atomic E-state index is 0.300. The molecule has 0 radical (unpaired) electrons. The van der Waals surface area contributed by atoms with Gasteiger partial charge >= 0.3 is 6.03 Å². The summed E-state index contributed by atoms with van der Waals surface area (Å²) in [4.78, 5) is 35.3. The average molecular weight is 425 g/mol. The number of amides is 4. The van der Waals surface area contributed by atoms with Crippen molar-refractivity contribution in [2.45, 2.75) is 142 Å². The zero-order chi connectivity index (χ0) is 22.3. The zero-order valence-corrected chi connectivity index (χ0v) is 19.9. The van der Waals surface area contributed by atoms with Crippen LogP contribution in [-0.2, 0) is 9.59 Å². The van der Waals surface area contributed by atoms with Crippen LogP contribution in [0.1, 0.15) is 142 Å². The maximum absolute atomic E-state index is 11.8. The summed E-state index contributed by atoms with van der Waals surface area (Å²) >= 11 is 0. The molecule has 176 valence electrons. The number of rotatable bonds is 20. The van der Waals surface area contributed by atoms with Gasteiger partial charge in [-0.15, -0.1) is 0 Å². The predicted octanol–water partition coefficient (Wildman–Crippen LogP) is 7.18. The van der Waals surface area contributed by atoms with Crippen molar-refractivity contribution >= 4 is 17.8 Å². The van der Waals surface area contributed by atoms with E-state index in [9.17, 15) is 14.4 Å². The summed E-state index contributed by atoms with van der Waals surface area (Å²) in [6.07, 6.45) is 22.0. The number of nitrogens with one attached hydrogen (secondary N) is 2. The highest BCUT2D eigenvalue weighted by Gasteiger charge is 2.10. The smallest absolute Gasteiger partial charge is 0.278 e. The molecule has 0 aliphatic carbocycles. The molecule has 0 aromatic heterocycles. The van der Waals surface area contributed by atoms with Gasteiger partial charge in [0.2, 0.25) is 11.8 Å². The molecular formula is C25H48N2O3. The molecule has 0 saturated heterocycles. The SMILES string of the molecule is CCCCCCCCCCCC(=O)NC(=O)NC(=O)CCCCCCCCCCC. The Balaban J connectivity index is 3.50. The summed E-state index contributed by atoms with van der Waals surface area (Å²) in [5.74, 6) is -0.599. The lowest BCUT2D eigenvalue weighted by Gasteiger charge is -2.06. The van der Waals surface area contributed by atoms with Gasteiger partial charge in [0.1, 0.15) is 0 Å². The molecule has 0 aliphatic heterocycles. The van der Waals surface area contributed by atoms with Gasteiger partial charge in [-0.1, -0.05) is 117 Å². The van der Waals surface area contributed by atoms with Crippen molar-refractivity contribution in [2.75, 3.05) is 0 Å².